The number of amides is 1. The first kappa shape index (κ1) is 16.3. The Bertz CT molecular complexity index is 826. The van der Waals surface area contributed by atoms with Crippen LogP contribution in [0.3, 0.4) is 0 Å². The lowest BCUT2D eigenvalue weighted by molar-refractivity contribution is -0.384. The van der Waals surface area contributed by atoms with Crippen LogP contribution in [-0.2, 0) is 0 Å². The Labute approximate surface area is 124 Å². The van der Waals surface area contributed by atoms with Gasteiger partial charge < -0.3 is 5.32 Å². The zero-order valence-corrected chi connectivity index (χ0v) is 10.9. The minimum Gasteiger partial charge on any atom is -0.319 e. The molecule has 0 aromatic heterocycles. The van der Waals surface area contributed by atoms with Crippen molar-refractivity contribution in [3.63, 3.8) is 0 Å². The maximum Gasteiger partial charge on any atom is 0.271 e. The van der Waals surface area contributed by atoms with Crippen molar-refractivity contribution in [2.24, 2.45) is 0 Å². The van der Waals surface area contributed by atoms with Crippen molar-refractivity contribution < 1.29 is 31.7 Å². The number of hydrogen-bond acceptors (Lipinski definition) is 3. The highest BCUT2D eigenvalue weighted by Crippen LogP contribution is 2.24. The number of halogens is 5. The van der Waals surface area contributed by atoms with Crippen LogP contribution in [0.15, 0.2) is 24.3 Å². The van der Waals surface area contributed by atoms with E-state index < -0.39 is 56.9 Å². The normalized spacial score (nSPS) is 10.5. The van der Waals surface area contributed by atoms with Crippen molar-refractivity contribution in [3.8, 4) is 0 Å². The van der Waals surface area contributed by atoms with Gasteiger partial charge in [0, 0.05) is 12.1 Å². The molecule has 1 amide bonds. The maximum atomic E-state index is 13.5. The molecule has 0 atom stereocenters. The number of anilines is 1. The number of benzene rings is 2. The summed E-state index contributed by atoms with van der Waals surface area (Å²) in [5.74, 6) is -10.7. The van der Waals surface area contributed by atoms with Crippen LogP contribution in [-0.4, -0.2) is 10.8 Å². The first-order chi connectivity index (χ1) is 10.7. The fraction of sp³-hybridized carbons (Fsp3) is 0. The first-order valence-electron chi connectivity index (χ1n) is 5.80. The van der Waals surface area contributed by atoms with Crippen LogP contribution in [0.2, 0.25) is 0 Å². The van der Waals surface area contributed by atoms with Crippen LogP contribution >= 0.6 is 0 Å². The largest absolute Gasteiger partial charge is 0.319 e. The summed E-state index contributed by atoms with van der Waals surface area (Å²) in [4.78, 5) is 21.4. The number of nitro benzene ring substituents is 1. The molecule has 0 aliphatic rings. The molecule has 0 unspecified atom stereocenters. The van der Waals surface area contributed by atoms with Gasteiger partial charge in [-0.25, -0.2) is 22.0 Å². The zero-order chi connectivity index (χ0) is 17.3. The van der Waals surface area contributed by atoms with E-state index in [2.05, 4.69) is 0 Å². The van der Waals surface area contributed by atoms with Gasteiger partial charge in [0.25, 0.3) is 11.6 Å². The van der Waals surface area contributed by atoms with Gasteiger partial charge in [-0.1, -0.05) is 0 Å². The Kier molecular flexibility index (Phi) is 4.25. The smallest absolute Gasteiger partial charge is 0.271 e. The highest BCUT2D eigenvalue weighted by atomic mass is 19.2. The monoisotopic (exact) mass is 332 g/mol. The van der Waals surface area contributed by atoms with Crippen LogP contribution in [0.4, 0.5) is 33.3 Å². The van der Waals surface area contributed by atoms with E-state index in [4.69, 9.17) is 0 Å². The molecular weight excluding hydrogens is 327 g/mol. The van der Waals surface area contributed by atoms with E-state index >= 15 is 0 Å². The lowest BCUT2D eigenvalue weighted by Crippen LogP contribution is -2.17. The van der Waals surface area contributed by atoms with E-state index in [0.29, 0.717) is 12.1 Å². The van der Waals surface area contributed by atoms with Crippen LogP contribution in [0.1, 0.15) is 10.4 Å². The average molecular weight is 332 g/mol. The molecular formula is C13H5F5N2O3. The quantitative estimate of drug-likeness (QED) is 0.307. The van der Waals surface area contributed by atoms with Crippen molar-refractivity contribution in [1.29, 1.82) is 0 Å². The minimum atomic E-state index is -2.21. The third kappa shape index (κ3) is 3.10. The number of nitrogens with one attached hydrogen (secondary N) is 1. The SMILES string of the molecule is O=C(Nc1cc([N+](=O)[O-])ccc1F)c1cc(F)c(F)c(F)c1F. The second kappa shape index (κ2) is 5.99. The van der Waals surface area contributed by atoms with Crippen LogP contribution in [0.5, 0.6) is 0 Å². The van der Waals surface area contributed by atoms with Crippen molar-refractivity contribution in [2.75, 3.05) is 5.32 Å². The van der Waals surface area contributed by atoms with Crippen molar-refractivity contribution in [2.45, 2.75) is 0 Å². The molecule has 23 heavy (non-hydrogen) atoms. The second-order valence-electron chi connectivity index (χ2n) is 4.22. The number of non-ortho nitro benzene ring substituents is 1. The molecule has 2 aromatic rings. The van der Waals surface area contributed by atoms with Gasteiger partial charge in [-0.05, 0) is 12.1 Å². The summed E-state index contributed by atoms with van der Waals surface area (Å²) >= 11 is 0. The number of carbonyl (C=O) groups excluding carboxylic acids is 1. The average Bonchev–Trinajstić information content (AvgIpc) is 2.50. The standard InChI is InChI=1S/C13H5F5N2O3/c14-7-2-1-5(20(22)23)3-9(7)19-13(21)6-4-8(15)11(17)12(18)10(6)16/h1-4H,(H,19,21). The lowest BCUT2D eigenvalue weighted by Gasteiger charge is -2.08. The number of nitro groups is 1. The molecule has 0 fully saturated rings. The second-order valence-corrected chi connectivity index (χ2v) is 4.22. The first-order valence-corrected chi connectivity index (χ1v) is 5.80. The Morgan fingerprint density at radius 2 is 1.61 bits per heavy atom. The fourth-order valence-corrected chi connectivity index (χ4v) is 1.65. The Morgan fingerprint density at radius 1 is 0.957 bits per heavy atom. The number of hydrogen-bond donors (Lipinski definition) is 1. The summed E-state index contributed by atoms with van der Waals surface area (Å²) in [6, 6.07) is 2.18. The van der Waals surface area contributed by atoms with Crippen LogP contribution in [0, 0.1) is 39.2 Å². The van der Waals surface area contributed by atoms with Gasteiger partial charge in [-0.3, -0.25) is 14.9 Å². The van der Waals surface area contributed by atoms with E-state index in [0.717, 1.165) is 6.07 Å². The topological polar surface area (TPSA) is 72.2 Å². The van der Waals surface area contributed by atoms with Gasteiger partial charge in [0.1, 0.15) is 5.82 Å². The van der Waals surface area contributed by atoms with Gasteiger partial charge in [0.2, 0.25) is 0 Å². The molecule has 0 spiro atoms. The molecule has 0 heterocycles. The summed E-state index contributed by atoms with van der Waals surface area (Å²) in [5.41, 5.74) is -2.53. The van der Waals surface area contributed by atoms with E-state index in [1.807, 2.05) is 0 Å². The molecule has 10 heteroatoms. The summed E-state index contributed by atoms with van der Waals surface area (Å²) in [6.07, 6.45) is 0. The molecule has 120 valence electrons. The molecule has 2 rings (SSSR count). The highest BCUT2D eigenvalue weighted by Gasteiger charge is 2.24. The Hall–Kier alpha value is -3.04. The van der Waals surface area contributed by atoms with E-state index in [1.54, 1.807) is 5.32 Å². The van der Waals surface area contributed by atoms with Crippen LogP contribution < -0.4 is 5.32 Å². The number of rotatable bonds is 3. The molecule has 0 saturated heterocycles. The Balaban J connectivity index is 2.41. The highest BCUT2D eigenvalue weighted by molar-refractivity contribution is 6.04. The molecule has 2 aromatic carbocycles. The summed E-state index contributed by atoms with van der Waals surface area (Å²) in [6.45, 7) is 0. The molecule has 0 aliphatic heterocycles. The molecule has 0 aliphatic carbocycles. The van der Waals surface area contributed by atoms with Crippen molar-refractivity contribution >= 4 is 17.3 Å². The van der Waals surface area contributed by atoms with Gasteiger partial charge >= 0.3 is 0 Å². The lowest BCUT2D eigenvalue weighted by atomic mass is 10.1. The third-order valence-electron chi connectivity index (χ3n) is 2.76. The predicted molar refractivity (Wildman–Crippen MR) is 67.3 cm³/mol. The molecule has 1 N–H and O–H groups in total. The minimum absolute atomic E-state index is 0.0817. The number of nitrogens with zero attached hydrogens (tertiary/aromatic N) is 1. The van der Waals surface area contributed by atoms with Crippen molar-refractivity contribution in [1.82, 2.24) is 0 Å². The van der Waals surface area contributed by atoms with Crippen molar-refractivity contribution in [3.05, 3.63) is 69.0 Å². The molecule has 5 nitrogen and oxygen atoms in total. The van der Waals surface area contributed by atoms with Gasteiger partial charge in [0.05, 0.1) is 16.2 Å². The molecule has 0 saturated carbocycles. The van der Waals surface area contributed by atoms with E-state index in [9.17, 15) is 36.9 Å². The summed E-state index contributed by atoms with van der Waals surface area (Å²) < 4.78 is 65.9. The van der Waals surface area contributed by atoms with Gasteiger partial charge in [0.15, 0.2) is 23.3 Å². The van der Waals surface area contributed by atoms with Gasteiger partial charge in [-0.15, -0.1) is 0 Å². The number of carbonyl (C=O) groups is 1. The predicted octanol–water partition coefficient (Wildman–Crippen LogP) is 3.54. The van der Waals surface area contributed by atoms with Crippen LogP contribution in [0.25, 0.3) is 0 Å². The van der Waals surface area contributed by atoms with E-state index in [1.165, 1.54) is 0 Å². The summed E-state index contributed by atoms with van der Waals surface area (Å²) in [7, 11) is 0. The Morgan fingerprint density at radius 3 is 2.22 bits per heavy atom. The third-order valence-corrected chi connectivity index (χ3v) is 2.76. The fourth-order valence-electron chi connectivity index (χ4n) is 1.65. The maximum absolute atomic E-state index is 13.5. The zero-order valence-electron chi connectivity index (χ0n) is 10.9. The summed E-state index contributed by atoms with van der Waals surface area (Å²) in [5, 5.41) is 12.3. The molecule has 0 radical (unpaired) electrons. The molecule has 0 bridgehead atoms. The van der Waals surface area contributed by atoms with Gasteiger partial charge in [-0.2, -0.15) is 0 Å². The van der Waals surface area contributed by atoms with E-state index in [-0.39, 0.29) is 6.07 Å².